The third-order valence-electron chi connectivity index (χ3n) is 3.72. The molecular weight excluding hydrogens is 364 g/mol. The number of nitrogens with zero attached hydrogens (tertiary/aromatic N) is 4. The Balaban J connectivity index is 2.62. The monoisotopic (exact) mass is 380 g/mol. The van der Waals surface area contributed by atoms with Gasteiger partial charge in [0, 0.05) is 19.2 Å². The van der Waals surface area contributed by atoms with Crippen LogP contribution in [0.3, 0.4) is 0 Å². The number of benzene rings is 1. The van der Waals surface area contributed by atoms with Crippen molar-refractivity contribution >= 4 is 27.5 Å². The van der Waals surface area contributed by atoms with E-state index in [0.717, 1.165) is 10.7 Å². The summed E-state index contributed by atoms with van der Waals surface area (Å²) in [6, 6.07) is 7.05. The number of hydrogen-bond acceptors (Lipinski definition) is 5. The molecule has 0 aliphatic rings. The highest BCUT2D eigenvalue weighted by molar-refractivity contribution is 7.91. The molecule has 2 rings (SSSR count). The zero-order valence-electron chi connectivity index (χ0n) is 14.0. The van der Waals surface area contributed by atoms with Crippen LogP contribution < -0.4 is 0 Å². The molecule has 9 heteroatoms. The number of hydrogen-bond donors (Lipinski definition) is 0. The molecular formula is C16H17ClN4O3S. The van der Waals surface area contributed by atoms with Crippen LogP contribution in [0.4, 0.5) is 4.79 Å². The van der Waals surface area contributed by atoms with Gasteiger partial charge in [-0.2, -0.15) is 15.0 Å². The van der Waals surface area contributed by atoms with Crippen molar-refractivity contribution in [2.24, 2.45) is 0 Å². The van der Waals surface area contributed by atoms with Crippen molar-refractivity contribution in [3.8, 4) is 6.07 Å². The van der Waals surface area contributed by atoms with Crippen LogP contribution in [0.1, 0.15) is 25.1 Å². The minimum atomic E-state index is -4.07. The fourth-order valence-electron chi connectivity index (χ4n) is 2.41. The molecule has 0 atom stereocenters. The first-order valence-corrected chi connectivity index (χ1v) is 9.43. The molecule has 0 radical (unpaired) electrons. The summed E-state index contributed by atoms with van der Waals surface area (Å²) in [6.45, 7) is 5.99. The number of nitriles is 1. The minimum absolute atomic E-state index is 0.0585. The maximum atomic E-state index is 12.9. The standard InChI is InChI=1S/C16H17ClN4O3S/c1-4-20(5-2)16(22)21-12(10-18)9-14(19-21)25(23,24)15-11(3)7-6-8-13(15)17/h6-9H,4-5H2,1-3H3. The molecule has 0 aliphatic carbocycles. The van der Waals surface area contributed by atoms with E-state index >= 15 is 0 Å². The number of halogens is 1. The lowest BCUT2D eigenvalue weighted by Crippen LogP contribution is -2.35. The van der Waals surface area contributed by atoms with Gasteiger partial charge < -0.3 is 4.90 Å². The number of carbonyl (C=O) groups is 1. The summed E-state index contributed by atoms with van der Waals surface area (Å²) in [5, 5.41) is 12.8. The van der Waals surface area contributed by atoms with Gasteiger partial charge in [-0.25, -0.2) is 13.2 Å². The lowest BCUT2D eigenvalue weighted by molar-refractivity contribution is 0.201. The number of carbonyl (C=O) groups excluding carboxylic acids is 1. The maximum absolute atomic E-state index is 12.9. The van der Waals surface area contributed by atoms with Gasteiger partial charge in [0.2, 0.25) is 9.84 Å². The van der Waals surface area contributed by atoms with Gasteiger partial charge in [0.05, 0.1) is 9.92 Å². The van der Waals surface area contributed by atoms with Crippen LogP contribution in [0.5, 0.6) is 0 Å². The van der Waals surface area contributed by atoms with Gasteiger partial charge in [-0.3, -0.25) is 0 Å². The highest BCUT2D eigenvalue weighted by Crippen LogP contribution is 2.30. The number of amides is 1. The van der Waals surface area contributed by atoms with Gasteiger partial charge in [0.1, 0.15) is 6.07 Å². The van der Waals surface area contributed by atoms with Gasteiger partial charge in [0.15, 0.2) is 10.7 Å². The van der Waals surface area contributed by atoms with Crippen LogP contribution in [0.2, 0.25) is 5.02 Å². The number of aromatic nitrogens is 2. The average molecular weight is 381 g/mol. The molecule has 0 unspecified atom stereocenters. The van der Waals surface area contributed by atoms with Crippen molar-refractivity contribution in [2.45, 2.75) is 30.7 Å². The number of rotatable bonds is 4. The van der Waals surface area contributed by atoms with Crippen LogP contribution in [0, 0.1) is 18.3 Å². The van der Waals surface area contributed by atoms with E-state index < -0.39 is 15.9 Å². The zero-order chi connectivity index (χ0) is 18.8. The van der Waals surface area contributed by atoms with Crippen molar-refractivity contribution in [3.05, 3.63) is 40.5 Å². The van der Waals surface area contributed by atoms with E-state index in [-0.39, 0.29) is 20.6 Å². The molecule has 132 valence electrons. The quantitative estimate of drug-likeness (QED) is 0.812. The second-order valence-corrected chi connectivity index (χ2v) is 7.48. The second-order valence-electron chi connectivity index (χ2n) is 5.24. The predicted octanol–water partition coefficient (Wildman–Crippen LogP) is 2.86. The number of aryl methyl sites for hydroxylation is 1. The lowest BCUT2D eigenvalue weighted by Gasteiger charge is -2.18. The molecule has 25 heavy (non-hydrogen) atoms. The van der Waals surface area contributed by atoms with E-state index in [1.165, 1.54) is 11.0 Å². The molecule has 0 saturated heterocycles. The van der Waals surface area contributed by atoms with Gasteiger partial charge in [0.25, 0.3) is 0 Å². The highest BCUT2D eigenvalue weighted by Gasteiger charge is 2.29. The molecule has 7 nitrogen and oxygen atoms in total. The minimum Gasteiger partial charge on any atom is -0.323 e. The smallest absolute Gasteiger partial charge is 0.323 e. The summed E-state index contributed by atoms with van der Waals surface area (Å²) in [7, 11) is -4.07. The Hall–Kier alpha value is -2.37. The van der Waals surface area contributed by atoms with Gasteiger partial charge >= 0.3 is 6.03 Å². The van der Waals surface area contributed by atoms with E-state index in [9.17, 15) is 18.5 Å². The largest absolute Gasteiger partial charge is 0.345 e. The second kappa shape index (κ2) is 7.25. The first-order valence-electron chi connectivity index (χ1n) is 7.57. The first-order chi connectivity index (χ1) is 11.8. The number of sulfone groups is 1. The Morgan fingerprint density at radius 2 is 2.00 bits per heavy atom. The van der Waals surface area contributed by atoms with Crippen molar-refractivity contribution in [1.29, 1.82) is 5.26 Å². The molecule has 0 aliphatic heterocycles. The van der Waals surface area contributed by atoms with Gasteiger partial charge in [-0.05, 0) is 32.4 Å². The van der Waals surface area contributed by atoms with Crippen LogP contribution >= 0.6 is 11.6 Å². The van der Waals surface area contributed by atoms with Crippen molar-refractivity contribution in [3.63, 3.8) is 0 Å². The Morgan fingerprint density at radius 1 is 1.36 bits per heavy atom. The molecule has 1 heterocycles. The summed E-state index contributed by atoms with van der Waals surface area (Å²) in [5.41, 5.74) is 0.302. The molecule has 0 N–H and O–H groups in total. The molecule has 1 aromatic heterocycles. The van der Waals surface area contributed by atoms with Crippen LogP contribution in [0.15, 0.2) is 34.2 Å². The molecule has 0 spiro atoms. The molecule has 1 aromatic carbocycles. The van der Waals surface area contributed by atoms with Crippen molar-refractivity contribution in [2.75, 3.05) is 13.1 Å². The Labute approximate surface area is 151 Å². The molecule has 0 fully saturated rings. The normalized spacial score (nSPS) is 11.2. The van der Waals surface area contributed by atoms with E-state index in [0.29, 0.717) is 18.7 Å². The van der Waals surface area contributed by atoms with E-state index in [1.807, 2.05) is 6.07 Å². The first kappa shape index (κ1) is 19.0. The van der Waals surface area contributed by atoms with Crippen molar-refractivity contribution < 1.29 is 13.2 Å². The van der Waals surface area contributed by atoms with Crippen LogP contribution in [-0.2, 0) is 9.84 Å². The third-order valence-corrected chi connectivity index (χ3v) is 5.98. The maximum Gasteiger partial charge on any atom is 0.345 e. The van der Waals surface area contributed by atoms with Gasteiger partial charge in [-0.15, -0.1) is 0 Å². The molecule has 1 amide bonds. The SMILES string of the molecule is CCN(CC)C(=O)n1nc(S(=O)(=O)c2c(C)cccc2Cl)cc1C#N. The highest BCUT2D eigenvalue weighted by atomic mass is 35.5. The molecule has 2 aromatic rings. The Kier molecular flexibility index (Phi) is 5.50. The topological polar surface area (TPSA) is 96.1 Å². The summed E-state index contributed by atoms with van der Waals surface area (Å²) in [5.74, 6) is 0. The average Bonchev–Trinajstić information content (AvgIpc) is 3.00. The van der Waals surface area contributed by atoms with Gasteiger partial charge in [-0.1, -0.05) is 23.7 Å². The van der Waals surface area contributed by atoms with E-state index in [2.05, 4.69) is 5.10 Å². The summed E-state index contributed by atoms with van der Waals surface area (Å²) >= 11 is 6.05. The third kappa shape index (κ3) is 3.38. The van der Waals surface area contributed by atoms with Crippen LogP contribution in [-0.4, -0.2) is 42.2 Å². The molecule has 0 bridgehead atoms. The predicted molar refractivity (Wildman–Crippen MR) is 92.3 cm³/mol. The summed E-state index contributed by atoms with van der Waals surface area (Å²) in [6.07, 6.45) is 0. The fraction of sp³-hybridized carbons (Fsp3) is 0.312. The van der Waals surface area contributed by atoms with Crippen LogP contribution in [0.25, 0.3) is 0 Å². The zero-order valence-corrected chi connectivity index (χ0v) is 15.6. The summed E-state index contributed by atoms with van der Waals surface area (Å²) < 4.78 is 26.6. The molecule has 0 saturated carbocycles. The van der Waals surface area contributed by atoms with Crippen molar-refractivity contribution in [1.82, 2.24) is 14.7 Å². The van der Waals surface area contributed by atoms with E-state index in [4.69, 9.17) is 11.6 Å². The Morgan fingerprint density at radius 3 is 2.52 bits per heavy atom. The fourth-order valence-corrected chi connectivity index (χ4v) is 4.41. The van der Waals surface area contributed by atoms with E-state index in [1.54, 1.807) is 32.9 Å². The lowest BCUT2D eigenvalue weighted by atomic mass is 10.2. The Bertz CT molecular complexity index is 936. The summed E-state index contributed by atoms with van der Waals surface area (Å²) in [4.78, 5) is 13.8.